The highest BCUT2D eigenvalue weighted by molar-refractivity contribution is 7.99. The Balaban J connectivity index is 1.59. The van der Waals surface area contributed by atoms with Crippen molar-refractivity contribution >= 4 is 23.8 Å². The summed E-state index contributed by atoms with van der Waals surface area (Å²) >= 11 is 1.75. The van der Waals surface area contributed by atoms with Crippen molar-refractivity contribution in [2.75, 3.05) is 6.61 Å². The Kier molecular flexibility index (Phi) is 9.16. The van der Waals surface area contributed by atoms with E-state index in [0.29, 0.717) is 13.0 Å². The normalized spacial score (nSPS) is 17.8. The summed E-state index contributed by atoms with van der Waals surface area (Å²) in [6.07, 6.45) is 15.5. The van der Waals surface area contributed by atoms with Crippen LogP contribution in [-0.4, -0.2) is 18.6 Å². The molecule has 162 valence electrons. The highest BCUT2D eigenvalue weighted by Crippen LogP contribution is 2.35. The first kappa shape index (κ1) is 23.1. The van der Waals surface area contributed by atoms with Crippen LogP contribution in [0.5, 0.6) is 0 Å². The van der Waals surface area contributed by atoms with E-state index in [1.165, 1.54) is 34.4 Å². The molecule has 0 spiro atoms. The third kappa shape index (κ3) is 7.25. The van der Waals surface area contributed by atoms with Crippen LogP contribution in [0.3, 0.4) is 0 Å². The molecule has 2 aromatic carbocycles. The number of ketones is 1. The van der Waals surface area contributed by atoms with Crippen LogP contribution in [0.2, 0.25) is 0 Å². The average Bonchev–Trinajstić information content (AvgIpc) is 2.81. The summed E-state index contributed by atoms with van der Waals surface area (Å²) in [6, 6.07) is 19.0. The molecular formula is C27H31NO2S. The summed E-state index contributed by atoms with van der Waals surface area (Å²) in [5, 5.41) is 3.97. The molecule has 1 unspecified atom stereocenters. The number of benzene rings is 2. The quantitative estimate of drug-likeness (QED) is 0.203. The van der Waals surface area contributed by atoms with E-state index in [2.05, 4.69) is 84.9 Å². The van der Waals surface area contributed by atoms with E-state index in [1.807, 2.05) is 6.07 Å². The fraction of sp³-hybridized carbons (Fsp3) is 0.333. The average molecular weight is 434 g/mol. The van der Waals surface area contributed by atoms with Crippen molar-refractivity contribution in [1.29, 1.82) is 0 Å². The minimum atomic E-state index is -0.272. The number of allylic oxidation sites excluding steroid dienone is 3. The molecule has 1 atom stereocenters. The number of rotatable bonds is 12. The van der Waals surface area contributed by atoms with Crippen molar-refractivity contribution < 1.29 is 9.63 Å². The molecule has 0 fully saturated rings. The van der Waals surface area contributed by atoms with Crippen molar-refractivity contribution in [3.05, 3.63) is 84.5 Å². The van der Waals surface area contributed by atoms with Crippen molar-refractivity contribution in [2.24, 2.45) is 5.16 Å². The first-order valence-electron chi connectivity index (χ1n) is 11.1. The molecule has 3 nitrogen and oxygen atoms in total. The number of hydrogen-bond acceptors (Lipinski definition) is 4. The maximum absolute atomic E-state index is 11.9. The van der Waals surface area contributed by atoms with Crippen LogP contribution < -0.4 is 0 Å². The second-order valence-corrected chi connectivity index (χ2v) is 9.02. The van der Waals surface area contributed by atoms with E-state index < -0.39 is 0 Å². The fourth-order valence-electron chi connectivity index (χ4n) is 3.59. The summed E-state index contributed by atoms with van der Waals surface area (Å²) in [4.78, 5) is 20.0. The summed E-state index contributed by atoms with van der Waals surface area (Å²) in [7, 11) is 0. The Hall–Kier alpha value is -2.59. The van der Waals surface area contributed by atoms with Crippen molar-refractivity contribution in [3.8, 4) is 0 Å². The van der Waals surface area contributed by atoms with Crippen LogP contribution in [0.15, 0.2) is 93.8 Å². The minimum absolute atomic E-state index is 0.0338. The van der Waals surface area contributed by atoms with Gasteiger partial charge in [-0.3, -0.25) is 4.79 Å². The lowest BCUT2D eigenvalue weighted by Gasteiger charge is -2.30. The van der Waals surface area contributed by atoms with E-state index in [1.54, 1.807) is 11.8 Å². The lowest BCUT2D eigenvalue weighted by molar-refractivity contribution is -0.112. The standard InChI is InChI=1S/C27H31NO2S/c1-2-3-4-7-12-24(29)21-28-30-22-27(19-10-6-11-20-27)23-15-17-26(18-16-23)31-25-13-8-5-9-14-25/h5-6,8-11,13-19,21H,2-4,7,12,20,22H2,1H3. The van der Waals surface area contributed by atoms with Gasteiger partial charge in [0.15, 0.2) is 5.78 Å². The first-order chi connectivity index (χ1) is 15.2. The molecule has 0 aliphatic heterocycles. The van der Waals surface area contributed by atoms with Gasteiger partial charge in [0.2, 0.25) is 0 Å². The third-order valence-corrected chi connectivity index (χ3v) is 6.44. The predicted octanol–water partition coefficient (Wildman–Crippen LogP) is 7.13. The predicted molar refractivity (Wildman–Crippen MR) is 130 cm³/mol. The van der Waals surface area contributed by atoms with Gasteiger partial charge in [-0.15, -0.1) is 0 Å². The molecule has 0 saturated heterocycles. The Morgan fingerprint density at radius 3 is 2.52 bits per heavy atom. The number of carbonyl (C=O) groups excluding carboxylic acids is 1. The lowest BCUT2D eigenvalue weighted by atomic mass is 9.76. The number of hydrogen-bond donors (Lipinski definition) is 0. The molecule has 0 radical (unpaired) electrons. The van der Waals surface area contributed by atoms with Crippen LogP contribution in [-0.2, 0) is 15.0 Å². The zero-order valence-corrected chi connectivity index (χ0v) is 19.0. The molecule has 0 bridgehead atoms. The highest BCUT2D eigenvalue weighted by atomic mass is 32.2. The van der Waals surface area contributed by atoms with Gasteiger partial charge in [0.1, 0.15) is 12.8 Å². The van der Waals surface area contributed by atoms with E-state index >= 15 is 0 Å². The van der Waals surface area contributed by atoms with E-state index in [4.69, 9.17) is 4.84 Å². The topological polar surface area (TPSA) is 38.7 Å². The van der Waals surface area contributed by atoms with Gasteiger partial charge < -0.3 is 4.84 Å². The number of unbranched alkanes of at least 4 members (excludes halogenated alkanes) is 3. The second-order valence-electron chi connectivity index (χ2n) is 7.87. The smallest absolute Gasteiger partial charge is 0.177 e. The molecule has 0 saturated carbocycles. The van der Waals surface area contributed by atoms with Gasteiger partial charge in [-0.25, -0.2) is 0 Å². The zero-order valence-electron chi connectivity index (χ0n) is 18.2. The molecule has 3 rings (SSSR count). The van der Waals surface area contributed by atoms with Crippen LogP contribution in [0.4, 0.5) is 0 Å². The molecule has 4 heteroatoms. The molecule has 31 heavy (non-hydrogen) atoms. The number of carbonyl (C=O) groups is 1. The van der Waals surface area contributed by atoms with Crippen molar-refractivity contribution in [1.82, 2.24) is 0 Å². The van der Waals surface area contributed by atoms with Crippen molar-refractivity contribution in [2.45, 2.75) is 60.7 Å². The fourth-order valence-corrected chi connectivity index (χ4v) is 4.43. The monoisotopic (exact) mass is 433 g/mol. The van der Waals surface area contributed by atoms with Crippen LogP contribution in [0.1, 0.15) is 51.0 Å². The number of oxime groups is 1. The zero-order chi connectivity index (χ0) is 21.8. The van der Waals surface area contributed by atoms with Crippen LogP contribution in [0, 0.1) is 0 Å². The van der Waals surface area contributed by atoms with E-state index in [9.17, 15) is 4.79 Å². The SMILES string of the molecule is CCCCCCC(=O)C=NOCC1(c2ccc(Sc3ccccc3)cc2)C=CC=CC1. The van der Waals surface area contributed by atoms with E-state index in [0.717, 1.165) is 19.3 Å². The maximum atomic E-state index is 11.9. The summed E-state index contributed by atoms with van der Waals surface area (Å²) < 4.78 is 0. The first-order valence-corrected chi connectivity index (χ1v) is 11.9. The van der Waals surface area contributed by atoms with Gasteiger partial charge in [0.25, 0.3) is 0 Å². The van der Waals surface area contributed by atoms with Gasteiger partial charge >= 0.3 is 0 Å². The van der Waals surface area contributed by atoms with Crippen LogP contribution >= 0.6 is 11.8 Å². The molecule has 0 heterocycles. The Bertz CT molecular complexity index is 903. The van der Waals surface area contributed by atoms with Crippen LogP contribution in [0.25, 0.3) is 0 Å². The van der Waals surface area contributed by atoms with Gasteiger partial charge in [0, 0.05) is 16.2 Å². The minimum Gasteiger partial charge on any atom is -0.394 e. The Morgan fingerprint density at radius 2 is 1.81 bits per heavy atom. The molecule has 1 aliphatic rings. The highest BCUT2D eigenvalue weighted by Gasteiger charge is 2.30. The number of nitrogens with zero attached hydrogens (tertiary/aromatic N) is 1. The Morgan fingerprint density at radius 1 is 1.03 bits per heavy atom. The maximum Gasteiger partial charge on any atom is 0.177 e. The summed E-state index contributed by atoms with van der Waals surface area (Å²) in [5.74, 6) is 0.0338. The van der Waals surface area contributed by atoms with E-state index in [-0.39, 0.29) is 11.2 Å². The molecule has 1 aliphatic carbocycles. The van der Waals surface area contributed by atoms with Gasteiger partial charge in [-0.2, -0.15) is 0 Å². The second kappa shape index (κ2) is 12.3. The van der Waals surface area contributed by atoms with Gasteiger partial charge in [-0.1, -0.05) is 97.7 Å². The molecule has 0 N–H and O–H groups in total. The molecule has 0 aromatic heterocycles. The van der Waals surface area contributed by atoms with Gasteiger partial charge in [-0.05, 0) is 42.7 Å². The van der Waals surface area contributed by atoms with Gasteiger partial charge in [0.05, 0.1) is 5.41 Å². The van der Waals surface area contributed by atoms with Crippen molar-refractivity contribution in [3.63, 3.8) is 0 Å². The molecule has 0 amide bonds. The molecule has 2 aromatic rings. The summed E-state index contributed by atoms with van der Waals surface area (Å²) in [6.45, 7) is 2.57. The molecular weight excluding hydrogens is 402 g/mol. The third-order valence-electron chi connectivity index (χ3n) is 5.42. The lowest BCUT2D eigenvalue weighted by Crippen LogP contribution is -2.29. The summed E-state index contributed by atoms with van der Waals surface area (Å²) in [5.41, 5.74) is 0.915. The Labute approximate surface area is 190 Å². The largest absolute Gasteiger partial charge is 0.394 e. The number of Topliss-reactive ketones (excluding diaryl/α,β-unsaturated/α-hetero) is 1.